The highest BCUT2D eigenvalue weighted by atomic mass is 32.1. The van der Waals surface area contributed by atoms with Gasteiger partial charge in [0.1, 0.15) is 5.75 Å². The fourth-order valence-electron chi connectivity index (χ4n) is 1.74. The minimum atomic E-state index is -0.176. The maximum absolute atomic E-state index is 11.7. The molecule has 6 heteroatoms. The van der Waals surface area contributed by atoms with Crippen molar-refractivity contribution in [3.63, 3.8) is 0 Å². The van der Waals surface area contributed by atoms with Crippen LogP contribution in [0.3, 0.4) is 0 Å². The van der Waals surface area contributed by atoms with Crippen LogP contribution in [0, 0.1) is 6.92 Å². The van der Waals surface area contributed by atoms with E-state index >= 15 is 0 Å². The largest absolute Gasteiger partial charge is 0.494 e. The van der Waals surface area contributed by atoms with E-state index < -0.39 is 0 Å². The molecule has 0 aliphatic carbocycles. The van der Waals surface area contributed by atoms with Gasteiger partial charge in [0.05, 0.1) is 29.9 Å². The second-order valence-corrected chi connectivity index (χ2v) is 5.81. The van der Waals surface area contributed by atoms with Crippen LogP contribution in [0.25, 0.3) is 0 Å². The molecule has 0 bridgehead atoms. The smallest absolute Gasteiger partial charge is 0.246 e. The Morgan fingerprint density at radius 1 is 1.41 bits per heavy atom. The summed E-state index contributed by atoms with van der Waals surface area (Å²) in [6.07, 6.45) is 2.83. The van der Waals surface area contributed by atoms with E-state index in [9.17, 15) is 4.79 Å². The number of carbonyl (C=O) groups is 1. The van der Waals surface area contributed by atoms with E-state index in [0.717, 1.165) is 28.4 Å². The number of aryl methyl sites for hydroxylation is 1. The molecule has 0 radical (unpaired) electrons. The van der Waals surface area contributed by atoms with Gasteiger partial charge in [-0.1, -0.05) is 6.92 Å². The van der Waals surface area contributed by atoms with E-state index in [0.29, 0.717) is 6.61 Å². The molecule has 116 valence electrons. The molecule has 1 amide bonds. The molecule has 0 aliphatic heterocycles. The first kappa shape index (κ1) is 16.2. The van der Waals surface area contributed by atoms with Crippen LogP contribution in [-0.4, -0.2) is 23.7 Å². The van der Waals surface area contributed by atoms with Crippen molar-refractivity contribution in [1.29, 1.82) is 0 Å². The van der Waals surface area contributed by atoms with Crippen LogP contribution in [0.5, 0.6) is 5.75 Å². The van der Waals surface area contributed by atoms with E-state index in [4.69, 9.17) is 4.74 Å². The van der Waals surface area contributed by atoms with Gasteiger partial charge in [0.25, 0.3) is 0 Å². The standard InChI is InChI=1S/C16H19N3O2S/c1-3-8-21-15-6-4-13(5-7-15)10-17-19-16(20)9-14-11-22-12(2)18-14/h4-7,10-11H,3,8-9H2,1-2H3,(H,19,20)/b17-10-. The van der Waals surface area contributed by atoms with E-state index in [-0.39, 0.29) is 12.3 Å². The third kappa shape index (κ3) is 5.29. The monoisotopic (exact) mass is 317 g/mol. The number of aromatic nitrogens is 1. The number of ether oxygens (including phenoxy) is 1. The Kier molecular flexibility index (Phi) is 6.09. The maximum Gasteiger partial charge on any atom is 0.246 e. The second-order valence-electron chi connectivity index (χ2n) is 4.75. The van der Waals surface area contributed by atoms with E-state index in [1.54, 1.807) is 6.21 Å². The van der Waals surface area contributed by atoms with Crippen molar-refractivity contribution in [2.24, 2.45) is 5.10 Å². The predicted molar refractivity (Wildman–Crippen MR) is 88.5 cm³/mol. The summed E-state index contributed by atoms with van der Waals surface area (Å²) in [5.41, 5.74) is 4.17. The Bertz CT molecular complexity index is 635. The van der Waals surface area contributed by atoms with Crippen LogP contribution >= 0.6 is 11.3 Å². The van der Waals surface area contributed by atoms with Crippen LogP contribution in [0.4, 0.5) is 0 Å². The highest BCUT2D eigenvalue weighted by Crippen LogP contribution is 2.11. The Morgan fingerprint density at radius 2 is 2.18 bits per heavy atom. The van der Waals surface area contributed by atoms with Crippen molar-refractivity contribution in [3.8, 4) is 5.75 Å². The molecule has 2 aromatic rings. The number of nitrogens with zero attached hydrogens (tertiary/aromatic N) is 2. The Morgan fingerprint density at radius 3 is 2.82 bits per heavy atom. The van der Waals surface area contributed by atoms with Gasteiger partial charge in [-0.2, -0.15) is 5.10 Å². The Hall–Kier alpha value is -2.21. The molecule has 1 aromatic heterocycles. The number of nitrogens with one attached hydrogen (secondary N) is 1. The number of rotatable bonds is 7. The quantitative estimate of drug-likeness (QED) is 0.631. The zero-order valence-electron chi connectivity index (χ0n) is 12.7. The SMILES string of the molecule is CCCOc1ccc(/C=N\NC(=O)Cc2csc(C)n2)cc1. The second kappa shape index (κ2) is 8.29. The molecule has 0 fully saturated rings. The van der Waals surface area contributed by atoms with Gasteiger partial charge in [-0.25, -0.2) is 10.4 Å². The van der Waals surface area contributed by atoms with Crippen LogP contribution in [0.15, 0.2) is 34.7 Å². The zero-order valence-corrected chi connectivity index (χ0v) is 13.5. The number of carbonyl (C=O) groups excluding carboxylic acids is 1. The third-order valence-corrected chi connectivity index (χ3v) is 3.59. The number of hydrogen-bond acceptors (Lipinski definition) is 5. The summed E-state index contributed by atoms with van der Waals surface area (Å²) in [5, 5.41) is 6.78. The lowest BCUT2D eigenvalue weighted by Gasteiger charge is -2.03. The van der Waals surface area contributed by atoms with Crippen molar-refractivity contribution < 1.29 is 9.53 Å². The van der Waals surface area contributed by atoms with E-state index in [1.165, 1.54) is 11.3 Å². The van der Waals surface area contributed by atoms with E-state index in [1.807, 2.05) is 36.6 Å². The predicted octanol–water partition coefficient (Wildman–Crippen LogP) is 2.93. The molecule has 1 N–H and O–H groups in total. The number of hydrogen-bond donors (Lipinski definition) is 1. The first-order valence-corrected chi connectivity index (χ1v) is 8.01. The molecule has 5 nitrogen and oxygen atoms in total. The first-order valence-electron chi connectivity index (χ1n) is 7.13. The fourth-order valence-corrected chi connectivity index (χ4v) is 2.35. The van der Waals surface area contributed by atoms with Crippen LogP contribution in [0.2, 0.25) is 0 Å². The van der Waals surface area contributed by atoms with Crippen molar-refractivity contribution in [2.75, 3.05) is 6.61 Å². The zero-order chi connectivity index (χ0) is 15.8. The fraction of sp³-hybridized carbons (Fsp3) is 0.312. The molecule has 0 saturated heterocycles. The topological polar surface area (TPSA) is 63.6 Å². The molecule has 2 rings (SSSR count). The van der Waals surface area contributed by atoms with Crippen molar-refractivity contribution >= 4 is 23.5 Å². The van der Waals surface area contributed by atoms with Crippen LogP contribution in [0.1, 0.15) is 29.6 Å². The lowest BCUT2D eigenvalue weighted by molar-refractivity contribution is -0.120. The molecule has 1 aromatic carbocycles. The molecular weight excluding hydrogens is 298 g/mol. The van der Waals surface area contributed by atoms with Gasteiger partial charge in [-0.3, -0.25) is 4.79 Å². The number of benzene rings is 1. The molecule has 22 heavy (non-hydrogen) atoms. The maximum atomic E-state index is 11.7. The molecular formula is C16H19N3O2S. The molecule has 0 saturated carbocycles. The van der Waals surface area contributed by atoms with Crippen molar-refractivity contribution in [3.05, 3.63) is 45.9 Å². The third-order valence-electron chi connectivity index (χ3n) is 2.76. The lowest BCUT2D eigenvalue weighted by atomic mass is 10.2. The molecule has 0 atom stereocenters. The summed E-state index contributed by atoms with van der Waals surface area (Å²) < 4.78 is 5.50. The summed E-state index contributed by atoms with van der Waals surface area (Å²) in [7, 11) is 0. The van der Waals surface area contributed by atoms with Gasteiger partial charge in [0, 0.05) is 5.38 Å². The summed E-state index contributed by atoms with van der Waals surface area (Å²) in [6, 6.07) is 7.56. The minimum absolute atomic E-state index is 0.176. The molecule has 0 unspecified atom stereocenters. The highest BCUT2D eigenvalue weighted by Gasteiger charge is 2.04. The summed E-state index contributed by atoms with van der Waals surface area (Å²) in [4.78, 5) is 15.9. The Labute approximate surface area is 134 Å². The van der Waals surface area contributed by atoms with Gasteiger partial charge in [0.2, 0.25) is 5.91 Å². The number of amides is 1. The minimum Gasteiger partial charge on any atom is -0.494 e. The Balaban J connectivity index is 1.80. The van der Waals surface area contributed by atoms with Crippen LogP contribution in [-0.2, 0) is 11.2 Å². The summed E-state index contributed by atoms with van der Waals surface area (Å²) in [6.45, 7) is 4.69. The highest BCUT2D eigenvalue weighted by molar-refractivity contribution is 7.09. The van der Waals surface area contributed by atoms with Gasteiger partial charge < -0.3 is 4.74 Å². The van der Waals surface area contributed by atoms with Gasteiger partial charge in [0.15, 0.2) is 0 Å². The summed E-state index contributed by atoms with van der Waals surface area (Å²) in [5.74, 6) is 0.659. The summed E-state index contributed by atoms with van der Waals surface area (Å²) >= 11 is 1.53. The van der Waals surface area contributed by atoms with Crippen LogP contribution < -0.4 is 10.2 Å². The molecule has 0 aliphatic rings. The van der Waals surface area contributed by atoms with Gasteiger partial charge >= 0.3 is 0 Å². The molecule has 1 heterocycles. The first-order chi connectivity index (χ1) is 10.7. The number of hydrazone groups is 1. The van der Waals surface area contributed by atoms with E-state index in [2.05, 4.69) is 22.4 Å². The van der Waals surface area contributed by atoms with Crippen molar-refractivity contribution in [2.45, 2.75) is 26.7 Å². The molecule has 0 spiro atoms. The van der Waals surface area contributed by atoms with Gasteiger partial charge in [-0.05, 0) is 43.2 Å². The average Bonchev–Trinajstić information content (AvgIpc) is 2.91. The lowest BCUT2D eigenvalue weighted by Crippen LogP contribution is -2.19. The van der Waals surface area contributed by atoms with Gasteiger partial charge in [-0.15, -0.1) is 11.3 Å². The normalized spacial score (nSPS) is 10.8. The average molecular weight is 317 g/mol. The van der Waals surface area contributed by atoms with Crippen molar-refractivity contribution in [1.82, 2.24) is 10.4 Å². The number of thiazole rings is 1.